The molecule has 0 aliphatic rings. The van der Waals surface area contributed by atoms with Gasteiger partial charge in [-0.05, 0) is 30.5 Å². The van der Waals surface area contributed by atoms with Crippen LogP contribution in [0, 0.1) is 12.8 Å². The van der Waals surface area contributed by atoms with Gasteiger partial charge in [-0.2, -0.15) is 4.98 Å². The molecule has 0 spiro atoms. The van der Waals surface area contributed by atoms with Gasteiger partial charge in [0.1, 0.15) is 0 Å². The van der Waals surface area contributed by atoms with Crippen LogP contribution in [0.1, 0.15) is 25.3 Å². The monoisotopic (exact) mass is 395 g/mol. The van der Waals surface area contributed by atoms with E-state index in [0.29, 0.717) is 29.1 Å². The van der Waals surface area contributed by atoms with Gasteiger partial charge in [0.15, 0.2) is 16.7 Å². The van der Waals surface area contributed by atoms with E-state index in [4.69, 9.17) is 8.94 Å². The summed E-state index contributed by atoms with van der Waals surface area (Å²) in [5.41, 5.74) is 2.09. The van der Waals surface area contributed by atoms with Crippen molar-refractivity contribution in [2.75, 3.05) is 0 Å². The zero-order valence-electron chi connectivity index (χ0n) is 16.0. The molecule has 0 atom stereocenters. The molecule has 144 valence electrons. The van der Waals surface area contributed by atoms with Gasteiger partial charge in [-0.3, -0.25) is 4.57 Å². The van der Waals surface area contributed by atoms with Crippen LogP contribution in [-0.4, -0.2) is 24.9 Å². The second-order valence-electron chi connectivity index (χ2n) is 6.90. The lowest BCUT2D eigenvalue weighted by Crippen LogP contribution is -2.07. The van der Waals surface area contributed by atoms with Crippen LogP contribution in [0.25, 0.3) is 23.0 Å². The van der Waals surface area contributed by atoms with Gasteiger partial charge in [0.2, 0.25) is 11.7 Å². The van der Waals surface area contributed by atoms with E-state index < -0.39 is 0 Å². The first-order valence-corrected chi connectivity index (χ1v) is 10.1. The van der Waals surface area contributed by atoms with Crippen LogP contribution < -0.4 is 0 Å². The Hall–Kier alpha value is -2.87. The fourth-order valence-corrected chi connectivity index (χ4v) is 3.67. The second kappa shape index (κ2) is 8.02. The van der Waals surface area contributed by atoms with E-state index in [0.717, 1.165) is 28.7 Å². The van der Waals surface area contributed by atoms with E-state index in [1.165, 1.54) is 11.8 Å². The molecule has 0 saturated heterocycles. The summed E-state index contributed by atoms with van der Waals surface area (Å²) in [6.45, 7) is 7.15. The summed E-state index contributed by atoms with van der Waals surface area (Å²) in [5.74, 6) is 3.57. The number of aryl methyl sites for hydroxylation is 1. The van der Waals surface area contributed by atoms with Crippen LogP contribution in [0.5, 0.6) is 0 Å². The molecule has 0 aliphatic carbocycles. The van der Waals surface area contributed by atoms with E-state index in [-0.39, 0.29) is 0 Å². The predicted octanol–water partition coefficient (Wildman–Crippen LogP) is 4.84. The molecule has 0 N–H and O–H groups in total. The highest BCUT2D eigenvalue weighted by Crippen LogP contribution is 2.28. The van der Waals surface area contributed by atoms with Crippen molar-refractivity contribution >= 4 is 11.8 Å². The lowest BCUT2D eigenvalue weighted by atomic mass is 10.1. The first-order valence-electron chi connectivity index (χ1n) is 9.10. The van der Waals surface area contributed by atoms with Crippen LogP contribution in [0.2, 0.25) is 0 Å². The predicted molar refractivity (Wildman–Crippen MR) is 107 cm³/mol. The maximum Gasteiger partial charge on any atom is 0.237 e. The molecule has 28 heavy (non-hydrogen) atoms. The fourth-order valence-electron chi connectivity index (χ4n) is 2.89. The summed E-state index contributed by atoms with van der Waals surface area (Å²) >= 11 is 1.52. The number of rotatable bonds is 7. The highest BCUT2D eigenvalue weighted by molar-refractivity contribution is 7.98. The molecule has 8 heteroatoms. The van der Waals surface area contributed by atoms with Gasteiger partial charge in [-0.1, -0.05) is 55.0 Å². The van der Waals surface area contributed by atoms with Crippen molar-refractivity contribution in [1.82, 2.24) is 24.9 Å². The number of benzene rings is 1. The number of aromatic nitrogens is 5. The standard InChI is InChI=1S/C20H21N5O2S/c1-13(2)11-25-19(16-9-6-10-26-16)22-23-20(25)28-12-17-21-18(24-27-17)15-8-5-4-7-14(15)3/h4-10,13H,11-12H2,1-3H3. The molecular formula is C20H21N5O2S. The van der Waals surface area contributed by atoms with Crippen molar-refractivity contribution < 1.29 is 8.94 Å². The van der Waals surface area contributed by atoms with Gasteiger partial charge in [0, 0.05) is 12.1 Å². The lowest BCUT2D eigenvalue weighted by molar-refractivity contribution is 0.391. The number of thioether (sulfide) groups is 1. The molecule has 4 aromatic rings. The first-order chi connectivity index (χ1) is 13.6. The molecule has 0 radical (unpaired) electrons. The van der Waals surface area contributed by atoms with Crippen LogP contribution in [0.4, 0.5) is 0 Å². The van der Waals surface area contributed by atoms with Crippen molar-refractivity contribution in [3.63, 3.8) is 0 Å². The van der Waals surface area contributed by atoms with E-state index >= 15 is 0 Å². The number of hydrogen-bond acceptors (Lipinski definition) is 7. The van der Waals surface area contributed by atoms with Gasteiger partial charge in [0.25, 0.3) is 0 Å². The largest absolute Gasteiger partial charge is 0.461 e. The normalized spacial score (nSPS) is 11.4. The molecule has 0 aliphatic heterocycles. The Morgan fingerprint density at radius 2 is 1.96 bits per heavy atom. The smallest absolute Gasteiger partial charge is 0.237 e. The van der Waals surface area contributed by atoms with Crippen LogP contribution in [0.3, 0.4) is 0 Å². The van der Waals surface area contributed by atoms with Crippen LogP contribution in [0.15, 0.2) is 56.8 Å². The quantitative estimate of drug-likeness (QED) is 0.414. The van der Waals surface area contributed by atoms with Crippen molar-refractivity contribution in [1.29, 1.82) is 0 Å². The second-order valence-corrected chi connectivity index (χ2v) is 7.85. The van der Waals surface area contributed by atoms with Crippen molar-refractivity contribution in [3.8, 4) is 23.0 Å². The first kappa shape index (κ1) is 18.5. The molecule has 0 unspecified atom stereocenters. The van der Waals surface area contributed by atoms with E-state index in [1.807, 2.05) is 43.3 Å². The Morgan fingerprint density at radius 3 is 2.71 bits per heavy atom. The summed E-state index contributed by atoms with van der Waals surface area (Å²) in [6.07, 6.45) is 1.64. The highest BCUT2D eigenvalue weighted by atomic mass is 32.2. The minimum absolute atomic E-state index is 0.445. The number of hydrogen-bond donors (Lipinski definition) is 0. The highest BCUT2D eigenvalue weighted by Gasteiger charge is 2.18. The minimum Gasteiger partial charge on any atom is -0.461 e. The van der Waals surface area contributed by atoms with Crippen LogP contribution >= 0.6 is 11.8 Å². The van der Waals surface area contributed by atoms with Gasteiger partial charge in [0.05, 0.1) is 12.0 Å². The molecule has 0 saturated carbocycles. The summed E-state index contributed by atoms with van der Waals surface area (Å²) in [6, 6.07) is 11.7. The summed E-state index contributed by atoms with van der Waals surface area (Å²) in [5, 5.41) is 13.6. The number of nitrogens with zero attached hydrogens (tertiary/aromatic N) is 5. The third kappa shape index (κ3) is 3.87. The zero-order chi connectivity index (χ0) is 19.5. The third-order valence-corrected chi connectivity index (χ3v) is 5.14. The average Bonchev–Trinajstić information content (AvgIpc) is 3.41. The topological polar surface area (TPSA) is 82.8 Å². The number of furan rings is 1. The van der Waals surface area contributed by atoms with Crippen molar-refractivity contribution in [3.05, 3.63) is 54.1 Å². The summed E-state index contributed by atoms with van der Waals surface area (Å²) in [7, 11) is 0. The molecule has 3 aromatic heterocycles. The third-order valence-electron chi connectivity index (χ3n) is 4.18. The Balaban J connectivity index is 1.53. The molecule has 3 heterocycles. The van der Waals surface area contributed by atoms with Crippen LogP contribution in [-0.2, 0) is 12.3 Å². The Labute approximate surface area is 167 Å². The maximum absolute atomic E-state index is 5.51. The zero-order valence-corrected chi connectivity index (χ0v) is 16.8. The molecule has 0 amide bonds. The SMILES string of the molecule is Cc1ccccc1-c1noc(CSc2nnc(-c3ccco3)n2CC(C)C)n1. The summed E-state index contributed by atoms with van der Waals surface area (Å²) < 4.78 is 13.0. The molecular weight excluding hydrogens is 374 g/mol. The van der Waals surface area contributed by atoms with E-state index in [2.05, 4.69) is 38.8 Å². The van der Waals surface area contributed by atoms with Crippen molar-refractivity contribution in [2.45, 2.75) is 38.2 Å². The van der Waals surface area contributed by atoms with Crippen molar-refractivity contribution in [2.24, 2.45) is 5.92 Å². The molecule has 0 bridgehead atoms. The van der Waals surface area contributed by atoms with E-state index in [9.17, 15) is 0 Å². The lowest BCUT2D eigenvalue weighted by Gasteiger charge is -2.10. The molecule has 4 rings (SSSR count). The van der Waals surface area contributed by atoms with E-state index in [1.54, 1.807) is 6.26 Å². The summed E-state index contributed by atoms with van der Waals surface area (Å²) in [4.78, 5) is 4.53. The fraction of sp³-hybridized carbons (Fsp3) is 0.300. The van der Waals surface area contributed by atoms with Gasteiger partial charge in [-0.15, -0.1) is 10.2 Å². The Kier molecular flexibility index (Phi) is 5.29. The average molecular weight is 395 g/mol. The maximum atomic E-state index is 5.51. The molecule has 0 fully saturated rings. The van der Waals surface area contributed by atoms with Gasteiger partial charge < -0.3 is 8.94 Å². The Morgan fingerprint density at radius 1 is 1.11 bits per heavy atom. The molecule has 1 aromatic carbocycles. The minimum atomic E-state index is 0.445. The van der Waals surface area contributed by atoms with Gasteiger partial charge in [-0.25, -0.2) is 0 Å². The Bertz CT molecular complexity index is 1050. The van der Waals surface area contributed by atoms with Gasteiger partial charge >= 0.3 is 0 Å². The molecule has 7 nitrogen and oxygen atoms in total.